The molecule has 29 heavy (non-hydrogen) atoms. The molecule has 0 aromatic heterocycles. The second-order valence-electron chi connectivity index (χ2n) is 6.08. The van der Waals surface area contributed by atoms with Crippen LogP contribution in [0, 0.1) is 11.3 Å². The molecule has 2 rings (SSSR count). The van der Waals surface area contributed by atoms with E-state index in [2.05, 4.69) is 0 Å². The van der Waals surface area contributed by atoms with Crippen molar-refractivity contribution in [3.05, 3.63) is 46.6 Å². The Balaban J connectivity index is 2.61. The van der Waals surface area contributed by atoms with E-state index in [1.54, 1.807) is 45.9 Å². The standard InChI is InChI=1S/C21H24N2O6/c1-5-17(24)29-15-9-8-13(10-16(15)26-6-2)19-14(11-22)20(23)28-12(4)18(19)21(25)27-7-3/h8-10,19H,5-7,23H2,1-4H3. The van der Waals surface area contributed by atoms with E-state index in [0.29, 0.717) is 17.9 Å². The third-order valence-electron chi connectivity index (χ3n) is 4.21. The van der Waals surface area contributed by atoms with Crippen LogP contribution in [0.3, 0.4) is 0 Å². The SMILES string of the molecule is CCOC(=O)C1=C(C)OC(N)=C(C#N)C1c1ccc(OC(=O)CC)c(OCC)c1. The van der Waals surface area contributed by atoms with Crippen LogP contribution < -0.4 is 15.2 Å². The van der Waals surface area contributed by atoms with Gasteiger partial charge in [0, 0.05) is 6.42 Å². The maximum absolute atomic E-state index is 12.6. The third kappa shape index (κ3) is 4.69. The molecule has 8 heteroatoms. The Morgan fingerprint density at radius 1 is 1.21 bits per heavy atom. The van der Waals surface area contributed by atoms with Crippen LogP contribution in [0.2, 0.25) is 0 Å². The lowest BCUT2D eigenvalue weighted by atomic mass is 9.83. The summed E-state index contributed by atoms with van der Waals surface area (Å²) in [5, 5.41) is 9.64. The van der Waals surface area contributed by atoms with Gasteiger partial charge in [-0.05, 0) is 38.5 Å². The van der Waals surface area contributed by atoms with Crippen molar-refractivity contribution < 1.29 is 28.5 Å². The van der Waals surface area contributed by atoms with Crippen LogP contribution in [0.15, 0.2) is 41.0 Å². The zero-order valence-corrected chi connectivity index (χ0v) is 16.9. The zero-order valence-electron chi connectivity index (χ0n) is 16.9. The van der Waals surface area contributed by atoms with Crippen molar-refractivity contribution in [1.29, 1.82) is 5.26 Å². The molecule has 0 bridgehead atoms. The Kier molecular flexibility index (Phi) is 7.26. The predicted octanol–water partition coefficient (Wildman–Crippen LogP) is 3.05. The normalized spacial score (nSPS) is 16.0. The first-order chi connectivity index (χ1) is 13.9. The molecule has 154 valence electrons. The van der Waals surface area contributed by atoms with Crippen LogP contribution in [-0.2, 0) is 19.1 Å². The van der Waals surface area contributed by atoms with Crippen LogP contribution in [-0.4, -0.2) is 25.2 Å². The molecule has 1 atom stereocenters. The Morgan fingerprint density at radius 2 is 1.93 bits per heavy atom. The van der Waals surface area contributed by atoms with E-state index in [1.165, 1.54) is 0 Å². The summed E-state index contributed by atoms with van der Waals surface area (Å²) in [5.74, 6) is -1.07. The van der Waals surface area contributed by atoms with Crippen molar-refractivity contribution in [2.24, 2.45) is 5.73 Å². The molecule has 0 amide bonds. The zero-order chi connectivity index (χ0) is 21.6. The van der Waals surface area contributed by atoms with Crippen LogP contribution in [0.1, 0.15) is 45.6 Å². The number of rotatable bonds is 7. The Morgan fingerprint density at radius 3 is 2.52 bits per heavy atom. The molecular weight excluding hydrogens is 376 g/mol. The maximum Gasteiger partial charge on any atom is 0.338 e. The minimum absolute atomic E-state index is 0.0810. The van der Waals surface area contributed by atoms with E-state index in [4.69, 9.17) is 24.7 Å². The molecule has 2 N–H and O–H groups in total. The second-order valence-corrected chi connectivity index (χ2v) is 6.08. The van der Waals surface area contributed by atoms with E-state index >= 15 is 0 Å². The molecular formula is C21H24N2O6. The molecule has 8 nitrogen and oxygen atoms in total. The fraction of sp³-hybridized carbons (Fsp3) is 0.381. The van der Waals surface area contributed by atoms with Crippen LogP contribution in [0.25, 0.3) is 0 Å². The quantitative estimate of drug-likeness (QED) is 0.547. The highest BCUT2D eigenvalue weighted by Crippen LogP contribution is 2.42. The molecule has 1 aliphatic heterocycles. The van der Waals surface area contributed by atoms with E-state index in [9.17, 15) is 14.9 Å². The van der Waals surface area contributed by atoms with E-state index in [1.807, 2.05) is 6.07 Å². The molecule has 0 aliphatic carbocycles. The molecule has 0 spiro atoms. The number of carbonyl (C=O) groups excluding carboxylic acids is 2. The smallest absolute Gasteiger partial charge is 0.338 e. The van der Waals surface area contributed by atoms with Crippen molar-refractivity contribution in [1.82, 2.24) is 0 Å². The molecule has 1 heterocycles. The van der Waals surface area contributed by atoms with Gasteiger partial charge >= 0.3 is 11.9 Å². The van der Waals surface area contributed by atoms with Gasteiger partial charge in [0.05, 0.1) is 24.7 Å². The number of carbonyl (C=O) groups is 2. The monoisotopic (exact) mass is 400 g/mol. The molecule has 0 fully saturated rings. The molecule has 1 aliphatic rings. The van der Waals surface area contributed by atoms with Crippen LogP contribution in [0.5, 0.6) is 11.5 Å². The van der Waals surface area contributed by atoms with Gasteiger partial charge < -0.3 is 24.7 Å². The lowest BCUT2D eigenvalue weighted by Crippen LogP contribution is -2.25. The number of allylic oxidation sites excluding steroid dienone is 2. The van der Waals surface area contributed by atoms with Crippen LogP contribution >= 0.6 is 0 Å². The van der Waals surface area contributed by atoms with Crippen molar-refractivity contribution in [3.63, 3.8) is 0 Å². The minimum Gasteiger partial charge on any atom is -0.490 e. The molecule has 0 saturated carbocycles. The summed E-state index contributed by atoms with van der Waals surface area (Å²) in [6.07, 6.45) is 0.208. The molecule has 0 saturated heterocycles. The summed E-state index contributed by atoms with van der Waals surface area (Å²) in [4.78, 5) is 24.3. The third-order valence-corrected chi connectivity index (χ3v) is 4.21. The van der Waals surface area contributed by atoms with Crippen molar-refractivity contribution in [3.8, 4) is 17.6 Å². The van der Waals surface area contributed by atoms with E-state index in [-0.39, 0.29) is 41.6 Å². The topological polar surface area (TPSA) is 121 Å². The summed E-state index contributed by atoms with van der Waals surface area (Å²) in [5.41, 5.74) is 6.72. The lowest BCUT2D eigenvalue weighted by molar-refractivity contribution is -0.139. The first kappa shape index (κ1) is 21.8. The average Bonchev–Trinajstić information content (AvgIpc) is 2.69. The summed E-state index contributed by atoms with van der Waals surface area (Å²) < 4.78 is 21.5. The largest absolute Gasteiger partial charge is 0.490 e. The molecule has 1 unspecified atom stereocenters. The first-order valence-electron chi connectivity index (χ1n) is 9.30. The number of hydrogen-bond donors (Lipinski definition) is 1. The van der Waals surface area contributed by atoms with Gasteiger partial charge in [-0.1, -0.05) is 13.0 Å². The highest BCUT2D eigenvalue weighted by Gasteiger charge is 2.36. The van der Waals surface area contributed by atoms with E-state index in [0.717, 1.165) is 0 Å². The van der Waals surface area contributed by atoms with E-state index < -0.39 is 17.9 Å². The van der Waals surface area contributed by atoms with Gasteiger partial charge in [-0.2, -0.15) is 5.26 Å². The van der Waals surface area contributed by atoms with Gasteiger partial charge in [0.1, 0.15) is 17.4 Å². The number of benzene rings is 1. The van der Waals surface area contributed by atoms with Gasteiger partial charge in [0.2, 0.25) is 5.88 Å². The Labute approximate surface area is 169 Å². The number of ether oxygens (including phenoxy) is 4. The second kappa shape index (κ2) is 9.64. The van der Waals surface area contributed by atoms with Crippen LogP contribution in [0.4, 0.5) is 0 Å². The first-order valence-corrected chi connectivity index (χ1v) is 9.30. The highest BCUT2D eigenvalue weighted by molar-refractivity contribution is 5.92. The molecule has 1 aromatic rings. The minimum atomic E-state index is -0.803. The van der Waals surface area contributed by atoms with Gasteiger partial charge in [-0.3, -0.25) is 4.79 Å². The molecule has 0 radical (unpaired) electrons. The maximum atomic E-state index is 12.6. The van der Waals surface area contributed by atoms with Gasteiger partial charge in [-0.25, -0.2) is 4.79 Å². The van der Waals surface area contributed by atoms with Crippen molar-refractivity contribution in [2.75, 3.05) is 13.2 Å². The molecule has 1 aromatic carbocycles. The van der Waals surface area contributed by atoms with Crippen molar-refractivity contribution >= 4 is 11.9 Å². The summed E-state index contributed by atoms with van der Waals surface area (Å²) in [7, 11) is 0. The number of esters is 2. The summed E-state index contributed by atoms with van der Waals surface area (Å²) in [6.45, 7) is 7.24. The average molecular weight is 400 g/mol. The lowest BCUT2D eigenvalue weighted by Gasteiger charge is -2.27. The summed E-state index contributed by atoms with van der Waals surface area (Å²) in [6, 6.07) is 6.85. The number of hydrogen-bond acceptors (Lipinski definition) is 8. The van der Waals surface area contributed by atoms with Gasteiger partial charge in [0.25, 0.3) is 0 Å². The number of nitriles is 1. The summed E-state index contributed by atoms with van der Waals surface area (Å²) >= 11 is 0. The number of nitrogens with zero attached hydrogens (tertiary/aromatic N) is 1. The number of nitrogens with two attached hydrogens (primary N) is 1. The highest BCUT2D eigenvalue weighted by atomic mass is 16.6. The van der Waals surface area contributed by atoms with Gasteiger partial charge in [-0.15, -0.1) is 0 Å². The Bertz CT molecular complexity index is 910. The Hall–Kier alpha value is -3.47. The predicted molar refractivity (Wildman–Crippen MR) is 104 cm³/mol. The van der Waals surface area contributed by atoms with Crippen molar-refractivity contribution in [2.45, 2.75) is 40.0 Å². The fourth-order valence-electron chi connectivity index (χ4n) is 2.94. The fourth-order valence-corrected chi connectivity index (χ4v) is 2.94. The van der Waals surface area contributed by atoms with Gasteiger partial charge in [0.15, 0.2) is 11.5 Å².